The molecule has 1 heterocycles. The van der Waals surface area contributed by atoms with Crippen molar-refractivity contribution in [3.8, 4) is 0 Å². The number of rotatable bonds is 4. The number of carboxylic acid groups (broad SMARTS) is 1. The lowest BCUT2D eigenvalue weighted by Gasteiger charge is -2.56. The van der Waals surface area contributed by atoms with Gasteiger partial charge in [-0.05, 0) is 73.8 Å². The van der Waals surface area contributed by atoms with Gasteiger partial charge in [0.25, 0.3) is 5.56 Å². The Balaban J connectivity index is 1.59. The molecule has 4 fully saturated rings. The molecule has 0 spiro atoms. The van der Waals surface area contributed by atoms with Crippen molar-refractivity contribution >= 4 is 41.5 Å². The number of thiol groups is 1. The number of amides is 1. The van der Waals surface area contributed by atoms with E-state index in [0.717, 1.165) is 42.1 Å². The van der Waals surface area contributed by atoms with Gasteiger partial charge in [0.1, 0.15) is 5.04 Å². The standard InChI is InChI=1S/C16H22N2O4S2/c19-12(1-2-23)18-14(22-15(20)21)24-13(17-18)16-6-9-3-10(7-16)5-11(4-9)8-16/h9-11,14,23H,1-8H2,(H,20,21). The maximum absolute atomic E-state index is 12.3. The van der Waals surface area contributed by atoms with Crippen LogP contribution in [0.4, 0.5) is 4.79 Å². The number of hydrazone groups is 1. The molecule has 8 heteroatoms. The number of thioether (sulfide) groups is 1. The van der Waals surface area contributed by atoms with Gasteiger partial charge in [-0.15, -0.1) is 0 Å². The second kappa shape index (κ2) is 6.12. The monoisotopic (exact) mass is 370 g/mol. The molecule has 1 unspecified atom stereocenters. The van der Waals surface area contributed by atoms with E-state index >= 15 is 0 Å². The van der Waals surface area contributed by atoms with Crippen molar-refractivity contribution < 1.29 is 19.4 Å². The first kappa shape index (κ1) is 16.6. The molecule has 24 heavy (non-hydrogen) atoms. The zero-order valence-electron chi connectivity index (χ0n) is 13.4. The third kappa shape index (κ3) is 2.81. The van der Waals surface area contributed by atoms with Gasteiger partial charge in [0, 0.05) is 11.8 Å². The highest BCUT2D eigenvalue weighted by atomic mass is 32.2. The minimum atomic E-state index is -1.38. The minimum Gasteiger partial charge on any atom is -0.450 e. The fourth-order valence-corrected chi connectivity index (χ4v) is 6.87. The molecule has 1 N–H and O–H groups in total. The predicted octanol–water partition coefficient (Wildman–Crippen LogP) is 3.39. The van der Waals surface area contributed by atoms with Crippen molar-refractivity contribution in [1.82, 2.24) is 5.01 Å². The van der Waals surface area contributed by atoms with Crippen LogP contribution in [-0.4, -0.2) is 38.5 Å². The van der Waals surface area contributed by atoms with Gasteiger partial charge in [-0.3, -0.25) is 4.79 Å². The fourth-order valence-electron chi connectivity index (χ4n) is 5.46. The lowest BCUT2D eigenvalue weighted by Crippen LogP contribution is -2.49. The number of hydrogen-bond donors (Lipinski definition) is 2. The van der Waals surface area contributed by atoms with Crippen molar-refractivity contribution in [3.05, 3.63) is 0 Å². The third-order valence-electron chi connectivity index (χ3n) is 5.89. The molecule has 0 aromatic rings. The molecule has 1 atom stereocenters. The Morgan fingerprint density at radius 3 is 2.33 bits per heavy atom. The summed E-state index contributed by atoms with van der Waals surface area (Å²) in [6.07, 6.45) is 6.20. The Labute approximate surface area is 150 Å². The summed E-state index contributed by atoms with van der Waals surface area (Å²) in [5, 5.41) is 15.7. The van der Waals surface area contributed by atoms with E-state index in [1.807, 2.05) is 0 Å². The van der Waals surface area contributed by atoms with Crippen LogP contribution in [-0.2, 0) is 9.53 Å². The van der Waals surface area contributed by atoms with E-state index in [1.165, 1.54) is 36.0 Å². The summed E-state index contributed by atoms with van der Waals surface area (Å²) >= 11 is 5.41. The molecule has 0 radical (unpaired) electrons. The summed E-state index contributed by atoms with van der Waals surface area (Å²) in [5.41, 5.74) is -0.854. The largest absolute Gasteiger partial charge is 0.508 e. The minimum absolute atomic E-state index is 0.0372. The molecule has 6 nitrogen and oxygen atoms in total. The molecular weight excluding hydrogens is 348 g/mol. The first-order chi connectivity index (χ1) is 11.5. The van der Waals surface area contributed by atoms with Crippen LogP contribution in [0.1, 0.15) is 44.9 Å². The number of ether oxygens (including phenoxy) is 1. The zero-order valence-corrected chi connectivity index (χ0v) is 15.1. The summed E-state index contributed by atoms with van der Waals surface area (Å²) in [7, 11) is 0. The van der Waals surface area contributed by atoms with Gasteiger partial charge < -0.3 is 9.84 Å². The predicted molar refractivity (Wildman–Crippen MR) is 93.8 cm³/mol. The van der Waals surface area contributed by atoms with E-state index in [2.05, 4.69) is 17.7 Å². The van der Waals surface area contributed by atoms with Gasteiger partial charge in [0.15, 0.2) is 0 Å². The average Bonchev–Trinajstić information content (AvgIpc) is 2.90. The van der Waals surface area contributed by atoms with Gasteiger partial charge in [-0.25, -0.2) is 4.79 Å². The van der Waals surface area contributed by atoms with Gasteiger partial charge in [0.05, 0.1) is 0 Å². The maximum Gasteiger partial charge on any atom is 0.508 e. The highest BCUT2D eigenvalue weighted by molar-refractivity contribution is 8.14. The summed E-state index contributed by atoms with van der Waals surface area (Å²) < 4.78 is 4.93. The SMILES string of the molecule is O=C(O)OC1SC(C23CC4CC(CC(C4)C2)C3)=NN1C(=O)CCS. The molecule has 4 aliphatic carbocycles. The van der Waals surface area contributed by atoms with Crippen molar-refractivity contribution in [2.45, 2.75) is 50.5 Å². The Kier molecular flexibility index (Phi) is 4.23. The molecule has 5 aliphatic rings. The van der Waals surface area contributed by atoms with Crippen LogP contribution in [0.2, 0.25) is 0 Å². The van der Waals surface area contributed by atoms with E-state index in [1.54, 1.807) is 0 Å². The number of carbonyl (C=O) groups excluding carboxylic acids is 1. The normalized spacial score (nSPS) is 39.9. The third-order valence-corrected chi connectivity index (χ3v) is 7.34. The fraction of sp³-hybridized carbons (Fsp3) is 0.812. The Morgan fingerprint density at radius 1 is 1.25 bits per heavy atom. The smallest absolute Gasteiger partial charge is 0.450 e. The molecule has 4 saturated carbocycles. The summed E-state index contributed by atoms with van der Waals surface area (Å²) in [6.45, 7) is 0. The van der Waals surface area contributed by atoms with Crippen LogP contribution < -0.4 is 0 Å². The molecule has 0 saturated heterocycles. The van der Waals surface area contributed by atoms with Crippen molar-refractivity contribution in [2.24, 2.45) is 28.3 Å². The van der Waals surface area contributed by atoms with E-state index in [9.17, 15) is 9.59 Å². The highest BCUT2D eigenvalue weighted by Crippen LogP contribution is 2.62. The number of hydrogen-bond acceptors (Lipinski definition) is 6. The van der Waals surface area contributed by atoms with Crippen LogP contribution in [0.25, 0.3) is 0 Å². The van der Waals surface area contributed by atoms with Crippen molar-refractivity contribution in [2.75, 3.05) is 5.75 Å². The Hall–Kier alpha value is -0.890. The molecule has 0 aromatic heterocycles. The maximum atomic E-state index is 12.3. The lowest BCUT2D eigenvalue weighted by atomic mass is 9.50. The van der Waals surface area contributed by atoms with Gasteiger partial charge in [0.2, 0.25) is 5.91 Å². The second-order valence-corrected chi connectivity index (χ2v) is 9.10. The van der Waals surface area contributed by atoms with Gasteiger partial charge in [-0.1, -0.05) is 0 Å². The van der Waals surface area contributed by atoms with Gasteiger partial charge >= 0.3 is 6.16 Å². The molecule has 5 rings (SSSR count). The molecule has 0 aromatic carbocycles. The summed E-state index contributed by atoms with van der Waals surface area (Å²) in [6, 6.07) is 0. The molecule has 1 aliphatic heterocycles. The van der Waals surface area contributed by atoms with E-state index in [-0.39, 0.29) is 17.7 Å². The van der Waals surface area contributed by atoms with Crippen LogP contribution in [0.3, 0.4) is 0 Å². The van der Waals surface area contributed by atoms with Crippen molar-refractivity contribution in [3.63, 3.8) is 0 Å². The van der Waals surface area contributed by atoms with Crippen molar-refractivity contribution in [1.29, 1.82) is 0 Å². The van der Waals surface area contributed by atoms with Gasteiger partial charge in [-0.2, -0.15) is 22.7 Å². The highest BCUT2D eigenvalue weighted by Gasteiger charge is 2.56. The second-order valence-electron chi connectivity index (χ2n) is 7.62. The number of carbonyl (C=O) groups is 2. The van der Waals surface area contributed by atoms with E-state index < -0.39 is 11.7 Å². The van der Waals surface area contributed by atoms with Crippen LogP contribution in [0.15, 0.2) is 5.10 Å². The topological polar surface area (TPSA) is 79.2 Å². The quantitative estimate of drug-likeness (QED) is 0.586. The van der Waals surface area contributed by atoms with E-state index in [4.69, 9.17) is 9.84 Å². The van der Waals surface area contributed by atoms with Crippen LogP contribution >= 0.6 is 24.4 Å². The number of nitrogens with zero attached hydrogens (tertiary/aromatic N) is 2. The summed E-state index contributed by atoms with van der Waals surface area (Å²) in [4.78, 5) is 23.3. The average molecular weight is 370 g/mol. The van der Waals surface area contributed by atoms with Crippen LogP contribution in [0.5, 0.6) is 0 Å². The first-order valence-electron chi connectivity index (χ1n) is 8.57. The molecule has 1 amide bonds. The summed E-state index contributed by atoms with van der Waals surface area (Å²) in [5.74, 6) is 2.47. The first-order valence-corrected chi connectivity index (χ1v) is 10.1. The molecular formula is C16H22N2O4S2. The Morgan fingerprint density at radius 2 is 1.83 bits per heavy atom. The lowest BCUT2D eigenvalue weighted by molar-refractivity contribution is -0.136. The zero-order chi connectivity index (χ0) is 16.9. The molecule has 4 bridgehead atoms. The molecule has 132 valence electrons. The van der Waals surface area contributed by atoms with Crippen LogP contribution in [0, 0.1) is 23.2 Å². The van der Waals surface area contributed by atoms with E-state index in [0.29, 0.717) is 5.75 Å². The Bertz CT molecular complexity index is 559.